The van der Waals surface area contributed by atoms with Crippen molar-refractivity contribution in [2.75, 3.05) is 39.9 Å². The Bertz CT molecular complexity index is 755. The van der Waals surface area contributed by atoms with E-state index in [2.05, 4.69) is 34.9 Å². The van der Waals surface area contributed by atoms with Crippen LogP contribution in [0, 0.1) is 18.7 Å². The van der Waals surface area contributed by atoms with E-state index in [1.807, 2.05) is 16.8 Å². The fraction of sp³-hybridized carbons (Fsp3) is 0.609. The van der Waals surface area contributed by atoms with Crippen LogP contribution in [-0.4, -0.2) is 59.5 Å². The van der Waals surface area contributed by atoms with Crippen LogP contribution in [0.3, 0.4) is 0 Å². The predicted molar refractivity (Wildman–Crippen MR) is 114 cm³/mol. The van der Waals surface area contributed by atoms with Crippen LogP contribution < -0.4 is 0 Å². The van der Waals surface area contributed by atoms with Gasteiger partial charge in [0.15, 0.2) is 0 Å². The Hall–Kier alpha value is -1.76. The van der Waals surface area contributed by atoms with E-state index in [1.54, 1.807) is 19.2 Å². The first-order valence-electron chi connectivity index (χ1n) is 10.8. The summed E-state index contributed by atoms with van der Waals surface area (Å²) in [5, 5.41) is 4.59. The normalized spacial score (nSPS) is 16.0. The Morgan fingerprint density at radius 2 is 1.97 bits per heavy atom. The number of piperidine rings is 1. The molecule has 0 radical (unpaired) electrons. The molecule has 6 heteroatoms. The van der Waals surface area contributed by atoms with Crippen molar-refractivity contribution >= 4 is 0 Å². The lowest BCUT2D eigenvalue weighted by molar-refractivity contribution is 0.106. The summed E-state index contributed by atoms with van der Waals surface area (Å²) in [6, 6.07) is 7.12. The van der Waals surface area contributed by atoms with Crippen LogP contribution in [0.15, 0.2) is 30.5 Å². The largest absolute Gasteiger partial charge is 0.383 e. The van der Waals surface area contributed by atoms with Crippen LogP contribution in [0.2, 0.25) is 0 Å². The zero-order valence-corrected chi connectivity index (χ0v) is 18.1. The molecule has 1 aliphatic rings. The number of rotatable bonds is 10. The van der Waals surface area contributed by atoms with Crippen molar-refractivity contribution in [3.8, 4) is 0 Å². The molecule has 1 fully saturated rings. The van der Waals surface area contributed by atoms with Gasteiger partial charge in [0.1, 0.15) is 5.82 Å². The number of hydrogen-bond acceptors (Lipinski definition) is 4. The van der Waals surface area contributed by atoms with Gasteiger partial charge in [0.25, 0.3) is 0 Å². The first-order chi connectivity index (χ1) is 14.1. The lowest BCUT2D eigenvalue weighted by Gasteiger charge is -2.35. The number of hydrogen-bond donors (Lipinski definition) is 0. The highest BCUT2D eigenvalue weighted by Crippen LogP contribution is 2.22. The van der Waals surface area contributed by atoms with Gasteiger partial charge in [-0.05, 0) is 51.8 Å². The molecule has 160 valence electrons. The average Bonchev–Trinajstić information content (AvgIpc) is 3.09. The van der Waals surface area contributed by atoms with E-state index < -0.39 is 0 Å². The molecule has 29 heavy (non-hydrogen) atoms. The van der Waals surface area contributed by atoms with Crippen LogP contribution in [0.25, 0.3) is 0 Å². The van der Waals surface area contributed by atoms with Gasteiger partial charge in [-0.1, -0.05) is 18.2 Å². The highest BCUT2D eigenvalue weighted by atomic mass is 19.1. The van der Waals surface area contributed by atoms with E-state index in [0.717, 1.165) is 70.0 Å². The van der Waals surface area contributed by atoms with Crippen LogP contribution >= 0.6 is 0 Å². The van der Waals surface area contributed by atoms with E-state index in [1.165, 1.54) is 5.56 Å². The van der Waals surface area contributed by atoms with Crippen molar-refractivity contribution in [2.24, 2.45) is 5.92 Å². The zero-order chi connectivity index (χ0) is 20.6. The van der Waals surface area contributed by atoms with E-state index in [0.29, 0.717) is 12.5 Å². The summed E-state index contributed by atoms with van der Waals surface area (Å²) in [4.78, 5) is 4.88. The predicted octanol–water partition coefficient (Wildman–Crippen LogP) is 3.71. The molecule has 1 aliphatic heterocycles. The summed E-state index contributed by atoms with van der Waals surface area (Å²) in [5.74, 6) is 0.577. The first-order valence-corrected chi connectivity index (χ1v) is 10.8. The monoisotopic (exact) mass is 402 g/mol. The summed E-state index contributed by atoms with van der Waals surface area (Å²) < 4.78 is 21.3. The minimum Gasteiger partial charge on any atom is -0.383 e. The zero-order valence-electron chi connectivity index (χ0n) is 18.1. The second-order valence-electron chi connectivity index (χ2n) is 8.13. The van der Waals surface area contributed by atoms with Crippen molar-refractivity contribution in [1.82, 2.24) is 19.6 Å². The molecule has 0 atom stereocenters. The van der Waals surface area contributed by atoms with Gasteiger partial charge in [-0.2, -0.15) is 5.10 Å². The van der Waals surface area contributed by atoms with Gasteiger partial charge < -0.3 is 4.74 Å². The van der Waals surface area contributed by atoms with Crippen LogP contribution in [0.4, 0.5) is 4.39 Å². The number of nitrogens with zero attached hydrogens (tertiary/aromatic N) is 4. The van der Waals surface area contributed by atoms with Crippen molar-refractivity contribution in [1.29, 1.82) is 0 Å². The third-order valence-corrected chi connectivity index (χ3v) is 5.95. The Labute approximate surface area is 174 Å². The molecule has 0 N–H and O–H groups in total. The van der Waals surface area contributed by atoms with E-state index in [4.69, 9.17) is 4.74 Å². The molecule has 2 aromatic rings. The molecule has 0 aliphatic carbocycles. The number of benzene rings is 1. The molecule has 0 bridgehead atoms. The number of aryl methyl sites for hydroxylation is 2. The topological polar surface area (TPSA) is 33.5 Å². The molecule has 1 aromatic heterocycles. The molecule has 3 rings (SSSR count). The average molecular weight is 403 g/mol. The molecule has 0 saturated carbocycles. The molecule has 0 unspecified atom stereocenters. The SMILES string of the molecule is CCn1cc(CN(CCOC)CC2CCN(Cc3ccccc3F)CC2)c(C)n1. The maximum atomic E-state index is 13.9. The number of aromatic nitrogens is 2. The van der Waals surface area contributed by atoms with Crippen LogP contribution in [0.1, 0.15) is 36.6 Å². The van der Waals surface area contributed by atoms with Crippen LogP contribution in [-0.2, 0) is 24.4 Å². The maximum Gasteiger partial charge on any atom is 0.127 e. The highest BCUT2D eigenvalue weighted by Gasteiger charge is 2.22. The van der Waals surface area contributed by atoms with E-state index in [-0.39, 0.29) is 5.82 Å². The Balaban J connectivity index is 1.52. The van der Waals surface area contributed by atoms with Crippen molar-refractivity contribution in [2.45, 2.75) is 46.3 Å². The van der Waals surface area contributed by atoms with Crippen LogP contribution in [0.5, 0.6) is 0 Å². The summed E-state index contributed by atoms with van der Waals surface area (Å²) >= 11 is 0. The molecule has 0 spiro atoms. The van der Waals surface area contributed by atoms with Crippen molar-refractivity contribution in [3.05, 3.63) is 53.1 Å². The minimum absolute atomic E-state index is 0.0941. The second-order valence-corrected chi connectivity index (χ2v) is 8.13. The van der Waals surface area contributed by atoms with Crippen molar-refractivity contribution in [3.63, 3.8) is 0 Å². The number of ether oxygens (including phenoxy) is 1. The third-order valence-electron chi connectivity index (χ3n) is 5.95. The van der Waals surface area contributed by atoms with E-state index in [9.17, 15) is 4.39 Å². The van der Waals surface area contributed by atoms with Gasteiger partial charge in [0.2, 0.25) is 0 Å². The first kappa shape index (κ1) is 21.9. The van der Waals surface area contributed by atoms with Gasteiger partial charge in [0.05, 0.1) is 12.3 Å². The summed E-state index contributed by atoms with van der Waals surface area (Å²) in [7, 11) is 1.76. The Morgan fingerprint density at radius 1 is 1.21 bits per heavy atom. The van der Waals surface area contributed by atoms with Gasteiger partial charge in [0, 0.05) is 57.2 Å². The molecule has 1 aromatic carbocycles. The number of methoxy groups -OCH3 is 1. The quantitative estimate of drug-likeness (QED) is 0.607. The standard InChI is InChI=1S/C23H35FN4O/c1-4-28-18-22(19(2)25-28)17-27(13-14-29-3)15-20-9-11-26(12-10-20)16-21-7-5-6-8-23(21)24/h5-8,18,20H,4,9-17H2,1-3H3. The molecule has 2 heterocycles. The van der Waals surface area contributed by atoms with Gasteiger partial charge >= 0.3 is 0 Å². The summed E-state index contributed by atoms with van der Waals surface area (Å²) in [5.41, 5.74) is 3.23. The molecule has 0 amide bonds. The van der Waals surface area contributed by atoms with Gasteiger partial charge in [-0.3, -0.25) is 14.5 Å². The van der Waals surface area contributed by atoms with Gasteiger partial charge in [-0.15, -0.1) is 0 Å². The fourth-order valence-corrected chi connectivity index (χ4v) is 4.13. The molecular weight excluding hydrogens is 367 g/mol. The Kier molecular flexibility index (Phi) is 8.21. The molecular formula is C23H35FN4O. The van der Waals surface area contributed by atoms with E-state index >= 15 is 0 Å². The summed E-state index contributed by atoms with van der Waals surface area (Å²) in [6.45, 7) is 11.6. The number of likely N-dealkylation sites (tertiary alicyclic amines) is 1. The summed E-state index contributed by atoms with van der Waals surface area (Å²) in [6.07, 6.45) is 4.49. The maximum absolute atomic E-state index is 13.9. The van der Waals surface area contributed by atoms with Gasteiger partial charge in [-0.25, -0.2) is 4.39 Å². The smallest absolute Gasteiger partial charge is 0.127 e. The number of halogens is 1. The molecule has 1 saturated heterocycles. The Morgan fingerprint density at radius 3 is 2.62 bits per heavy atom. The lowest BCUT2D eigenvalue weighted by Crippen LogP contribution is -2.39. The molecule has 5 nitrogen and oxygen atoms in total. The minimum atomic E-state index is -0.0941. The lowest BCUT2D eigenvalue weighted by atomic mass is 9.95. The fourth-order valence-electron chi connectivity index (χ4n) is 4.13. The van der Waals surface area contributed by atoms with Crippen molar-refractivity contribution < 1.29 is 9.13 Å². The highest BCUT2D eigenvalue weighted by molar-refractivity contribution is 5.17. The third kappa shape index (κ3) is 6.36. The second kappa shape index (κ2) is 10.9.